The first-order valence-electron chi connectivity index (χ1n) is 11.9. The van der Waals surface area contributed by atoms with E-state index in [0.717, 1.165) is 12.8 Å². The first-order chi connectivity index (χ1) is 13.9. The van der Waals surface area contributed by atoms with Crippen LogP contribution in [-0.2, 0) is 23.7 Å². The van der Waals surface area contributed by atoms with Crippen molar-refractivity contribution in [3.63, 3.8) is 0 Å². The first-order valence-corrected chi connectivity index (χ1v) is 11.9. The molecule has 0 radical (unpaired) electrons. The van der Waals surface area contributed by atoms with Crippen molar-refractivity contribution in [3.8, 4) is 11.1 Å². The lowest BCUT2D eigenvalue weighted by Gasteiger charge is -2.27. The van der Waals surface area contributed by atoms with Crippen molar-refractivity contribution in [1.29, 1.82) is 0 Å². The van der Waals surface area contributed by atoms with Crippen LogP contribution in [0.25, 0.3) is 17.2 Å². The highest BCUT2D eigenvalue weighted by Crippen LogP contribution is 2.41. The van der Waals surface area contributed by atoms with Crippen molar-refractivity contribution < 1.29 is 0 Å². The SMILES string of the molecule is CCCc1ccc2c(c1-c1cc(C(C)(C)C)cc(C(C)(C)C)c1)C=C(CC(C)C)C2. The van der Waals surface area contributed by atoms with Crippen LogP contribution in [-0.4, -0.2) is 0 Å². The maximum atomic E-state index is 2.52. The van der Waals surface area contributed by atoms with E-state index in [9.17, 15) is 0 Å². The van der Waals surface area contributed by atoms with Crippen LogP contribution < -0.4 is 0 Å². The van der Waals surface area contributed by atoms with Crippen molar-refractivity contribution >= 4 is 6.08 Å². The predicted octanol–water partition coefficient (Wildman–Crippen LogP) is 8.89. The van der Waals surface area contributed by atoms with Gasteiger partial charge in [0.05, 0.1) is 0 Å². The van der Waals surface area contributed by atoms with Gasteiger partial charge in [0.25, 0.3) is 0 Å². The summed E-state index contributed by atoms with van der Waals surface area (Å²) in [6.07, 6.45) is 7.16. The fourth-order valence-corrected chi connectivity index (χ4v) is 4.64. The second-order valence-corrected chi connectivity index (χ2v) is 11.8. The van der Waals surface area contributed by atoms with Crippen LogP contribution in [0.5, 0.6) is 0 Å². The van der Waals surface area contributed by atoms with Crippen LogP contribution in [0.1, 0.15) is 103 Å². The second-order valence-electron chi connectivity index (χ2n) is 11.8. The molecular weight excluding hydrogens is 360 g/mol. The first kappa shape index (κ1) is 22.9. The largest absolute Gasteiger partial charge is 0.0651 e. The summed E-state index contributed by atoms with van der Waals surface area (Å²) in [5, 5.41) is 0. The molecule has 0 amide bonds. The van der Waals surface area contributed by atoms with Gasteiger partial charge in [0.1, 0.15) is 0 Å². The molecule has 1 aliphatic rings. The van der Waals surface area contributed by atoms with Crippen LogP contribution in [0.2, 0.25) is 0 Å². The molecule has 0 bridgehead atoms. The summed E-state index contributed by atoms with van der Waals surface area (Å²) in [6, 6.07) is 12.2. The molecule has 0 saturated carbocycles. The van der Waals surface area contributed by atoms with Crippen molar-refractivity contribution in [2.75, 3.05) is 0 Å². The molecule has 3 rings (SSSR count). The highest BCUT2D eigenvalue weighted by molar-refractivity contribution is 5.84. The van der Waals surface area contributed by atoms with E-state index in [-0.39, 0.29) is 10.8 Å². The van der Waals surface area contributed by atoms with E-state index in [1.165, 1.54) is 51.8 Å². The fraction of sp³-hybridized carbons (Fsp3) is 0.533. The second kappa shape index (κ2) is 8.37. The lowest BCUT2D eigenvalue weighted by molar-refractivity contribution is 0.569. The van der Waals surface area contributed by atoms with E-state index in [1.807, 2.05) is 0 Å². The maximum Gasteiger partial charge on any atom is -0.00575 e. The third-order valence-corrected chi connectivity index (χ3v) is 6.33. The summed E-state index contributed by atoms with van der Waals surface area (Å²) in [6.45, 7) is 21.0. The molecule has 2 aromatic carbocycles. The van der Waals surface area contributed by atoms with Crippen molar-refractivity contribution in [2.45, 2.75) is 98.8 Å². The van der Waals surface area contributed by atoms with Crippen LogP contribution in [0.4, 0.5) is 0 Å². The lowest BCUT2D eigenvalue weighted by Crippen LogP contribution is -2.16. The third-order valence-electron chi connectivity index (χ3n) is 6.33. The smallest absolute Gasteiger partial charge is 0.00575 e. The lowest BCUT2D eigenvalue weighted by atomic mass is 9.78. The molecule has 0 aromatic heterocycles. The van der Waals surface area contributed by atoms with E-state index in [2.05, 4.69) is 98.7 Å². The quantitative estimate of drug-likeness (QED) is 0.468. The van der Waals surface area contributed by atoms with Crippen LogP contribution >= 0.6 is 0 Å². The van der Waals surface area contributed by atoms with E-state index in [0.29, 0.717) is 5.92 Å². The van der Waals surface area contributed by atoms with Gasteiger partial charge in [-0.3, -0.25) is 0 Å². The molecule has 0 aliphatic heterocycles. The minimum atomic E-state index is 0.136. The van der Waals surface area contributed by atoms with Gasteiger partial charge in [-0.1, -0.05) is 111 Å². The van der Waals surface area contributed by atoms with Crippen molar-refractivity contribution in [2.24, 2.45) is 5.92 Å². The molecule has 0 atom stereocenters. The highest BCUT2D eigenvalue weighted by Gasteiger charge is 2.24. The fourth-order valence-electron chi connectivity index (χ4n) is 4.64. The minimum Gasteiger partial charge on any atom is -0.0651 e. The molecule has 1 aliphatic carbocycles. The molecule has 0 unspecified atom stereocenters. The summed E-state index contributed by atoms with van der Waals surface area (Å²) in [5.74, 6) is 0.709. The predicted molar refractivity (Wildman–Crippen MR) is 134 cm³/mol. The Kier molecular flexibility index (Phi) is 6.38. The van der Waals surface area contributed by atoms with E-state index in [4.69, 9.17) is 0 Å². The molecule has 0 fully saturated rings. The number of hydrogen-bond donors (Lipinski definition) is 0. The summed E-state index contributed by atoms with van der Waals surface area (Å²) in [4.78, 5) is 0. The van der Waals surface area contributed by atoms with Crippen molar-refractivity contribution in [1.82, 2.24) is 0 Å². The summed E-state index contributed by atoms with van der Waals surface area (Å²) in [7, 11) is 0. The monoisotopic (exact) mass is 402 g/mol. The summed E-state index contributed by atoms with van der Waals surface area (Å²) >= 11 is 0. The molecule has 2 aromatic rings. The van der Waals surface area contributed by atoms with Gasteiger partial charge < -0.3 is 0 Å². The number of aryl methyl sites for hydroxylation is 1. The van der Waals surface area contributed by atoms with Crippen molar-refractivity contribution in [3.05, 3.63) is 63.7 Å². The molecule has 0 nitrogen and oxygen atoms in total. The van der Waals surface area contributed by atoms with Crippen LogP contribution in [0, 0.1) is 5.92 Å². The van der Waals surface area contributed by atoms with Crippen LogP contribution in [0.15, 0.2) is 35.9 Å². The van der Waals surface area contributed by atoms with Crippen LogP contribution in [0.3, 0.4) is 0 Å². The molecule has 30 heavy (non-hydrogen) atoms. The third kappa shape index (κ3) is 4.90. The van der Waals surface area contributed by atoms with E-state index in [1.54, 1.807) is 5.57 Å². The molecule has 162 valence electrons. The number of rotatable bonds is 5. The maximum absolute atomic E-state index is 2.52. The van der Waals surface area contributed by atoms with Gasteiger partial charge in [0.15, 0.2) is 0 Å². The Morgan fingerprint density at radius 3 is 1.97 bits per heavy atom. The summed E-state index contributed by atoms with van der Waals surface area (Å²) < 4.78 is 0. The molecular formula is C30H42. The Morgan fingerprint density at radius 1 is 0.867 bits per heavy atom. The van der Waals surface area contributed by atoms with Gasteiger partial charge in [-0.15, -0.1) is 0 Å². The Bertz CT molecular complexity index is 907. The number of fused-ring (bicyclic) bond motifs is 1. The number of benzene rings is 2. The minimum absolute atomic E-state index is 0.136. The molecule has 0 spiro atoms. The summed E-state index contributed by atoms with van der Waals surface area (Å²) in [5.41, 5.74) is 12.2. The number of hydrogen-bond acceptors (Lipinski definition) is 0. The van der Waals surface area contributed by atoms with Gasteiger partial charge in [0, 0.05) is 0 Å². The average Bonchev–Trinajstić information content (AvgIpc) is 3.01. The van der Waals surface area contributed by atoms with Gasteiger partial charge in [-0.2, -0.15) is 0 Å². The zero-order chi connectivity index (χ0) is 22.3. The Morgan fingerprint density at radius 2 is 1.47 bits per heavy atom. The Labute approximate surface area is 185 Å². The topological polar surface area (TPSA) is 0 Å². The normalized spacial score (nSPS) is 14.3. The van der Waals surface area contributed by atoms with Gasteiger partial charge in [0.2, 0.25) is 0 Å². The average molecular weight is 403 g/mol. The zero-order valence-electron chi connectivity index (χ0n) is 20.9. The number of allylic oxidation sites excluding steroid dienone is 1. The standard InChI is InChI=1S/C30H42/c1-10-11-22-12-13-23-15-21(14-20(2)3)16-27(23)28(22)24-17-25(29(4,5)6)19-26(18-24)30(7,8)9/h12-13,16-20H,10-11,14-15H2,1-9H3. The Balaban J connectivity index is 2.27. The van der Waals surface area contributed by atoms with E-state index < -0.39 is 0 Å². The highest BCUT2D eigenvalue weighted by atomic mass is 14.3. The molecule has 0 saturated heterocycles. The van der Waals surface area contributed by atoms with Gasteiger partial charge in [-0.05, 0) is 75.0 Å². The zero-order valence-corrected chi connectivity index (χ0v) is 20.9. The molecule has 0 heterocycles. The molecule has 0 heteroatoms. The molecule has 0 N–H and O–H groups in total. The van der Waals surface area contributed by atoms with E-state index >= 15 is 0 Å². The Hall–Kier alpha value is -1.82. The van der Waals surface area contributed by atoms with Gasteiger partial charge in [-0.25, -0.2) is 0 Å². The van der Waals surface area contributed by atoms with Gasteiger partial charge >= 0.3 is 0 Å².